The third-order valence-electron chi connectivity index (χ3n) is 3.36. The molecule has 0 radical (unpaired) electrons. The van der Waals surface area contributed by atoms with E-state index in [-0.39, 0.29) is 5.41 Å². The fourth-order valence-corrected chi connectivity index (χ4v) is 1.93. The standard InChI is InChI=1S/C16H35N3O/c1-16(2,3)15(20)14-19(12-8-10-17(4)5)13-9-11-18(6)7/h8-14H2,1-7H3. The highest BCUT2D eigenvalue weighted by Gasteiger charge is 2.23. The SMILES string of the molecule is CN(C)CCCN(CCCN(C)C)CC(=O)C(C)(C)C. The molecule has 0 N–H and O–H groups in total. The van der Waals surface area contributed by atoms with Crippen LogP contribution in [-0.2, 0) is 4.79 Å². The first-order valence-electron chi connectivity index (χ1n) is 7.68. The van der Waals surface area contributed by atoms with Crippen molar-refractivity contribution in [3.63, 3.8) is 0 Å². The molecule has 0 aromatic rings. The first-order chi connectivity index (χ1) is 9.12. The van der Waals surface area contributed by atoms with Gasteiger partial charge >= 0.3 is 0 Å². The molecule has 0 aliphatic carbocycles. The zero-order chi connectivity index (χ0) is 15.8. The lowest BCUT2D eigenvalue weighted by Gasteiger charge is -2.26. The van der Waals surface area contributed by atoms with Gasteiger partial charge in [0.15, 0.2) is 5.78 Å². The number of rotatable bonds is 10. The Kier molecular flexibility index (Phi) is 9.27. The lowest BCUT2D eigenvalue weighted by Crippen LogP contribution is -2.38. The summed E-state index contributed by atoms with van der Waals surface area (Å²) in [7, 11) is 8.38. The van der Waals surface area contributed by atoms with Gasteiger partial charge in [0, 0.05) is 5.41 Å². The molecule has 0 saturated heterocycles. The molecule has 0 heterocycles. The lowest BCUT2D eigenvalue weighted by atomic mass is 9.90. The van der Waals surface area contributed by atoms with Crippen LogP contribution in [0.5, 0.6) is 0 Å². The van der Waals surface area contributed by atoms with Crippen LogP contribution in [0.15, 0.2) is 0 Å². The van der Waals surface area contributed by atoms with Crippen LogP contribution in [0.2, 0.25) is 0 Å². The topological polar surface area (TPSA) is 26.8 Å². The van der Waals surface area contributed by atoms with Crippen molar-refractivity contribution in [2.75, 3.05) is 60.9 Å². The van der Waals surface area contributed by atoms with Crippen LogP contribution < -0.4 is 0 Å². The molecule has 0 unspecified atom stereocenters. The van der Waals surface area contributed by atoms with Crippen molar-refractivity contribution in [2.45, 2.75) is 33.6 Å². The predicted molar refractivity (Wildman–Crippen MR) is 87.2 cm³/mol. The minimum atomic E-state index is -0.235. The molecule has 0 aromatic carbocycles. The highest BCUT2D eigenvalue weighted by atomic mass is 16.1. The van der Waals surface area contributed by atoms with Gasteiger partial charge in [-0.2, -0.15) is 0 Å². The molecular weight excluding hydrogens is 250 g/mol. The minimum Gasteiger partial charge on any atom is -0.309 e. The molecular formula is C16H35N3O. The second-order valence-corrected chi connectivity index (χ2v) is 7.26. The molecule has 0 atom stereocenters. The Morgan fingerprint density at radius 1 is 0.800 bits per heavy atom. The molecule has 0 spiro atoms. The van der Waals surface area contributed by atoms with E-state index in [0.29, 0.717) is 12.3 Å². The Balaban J connectivity index is 4.27. The number of hydrogen-bond acceptors (Lipinski definition) is 4. The van der Waals surface area contributed by atoms with Crippen LogP contribution in [0.4, 0.5) is 0 Å². The fourth-order valence-electron chi connectivity index (χ4n) is 1.93. The van der Waals surface area contributed by atoms with Crippen molar-refractivity contribution in [3.8, 4) is 0 Å². The van der Waals surface area contributed by atoms with Crippen molar-refractivity contribution in [1.29, 1.82) is 0 Å². The Hall–Kier alpha value is -0.450. The summed E-state index contributed by atoms with van der Waals surface area (Å²) < 4.78 is 0. The van der Waals surface area contributed by atoms with Crippen molar-refractivity contribution >= 4 is 5.78 Å². The maximum absolute atomic E-state index is 12.2. The van der Waals surface area contributed by atoms with Crippen LogP contribution in [-0.4, -0.2) is 81.4 Å². The third-order valence-corrected chi connectivity index (χ3v) is 3.36. The summed E-state index contributed by atoms with van der Waals surface area (Å²) in [4.78, 5) is 18.9. The Labute approximate surface area is 126 Å². The average Bonchev–Trinajstić information content (AvgIpc) is 2.26. The Morgan fingerprint density at radius 2 is 1.20 bits per heavy atom. The second-order valence-electron chi connectivity index (χ2n) is 7.26. The molecule has 0 rings (SSSR count). The van der Waals surface area contributed by atoms with Gasteiger partial charge in [0.1, 0.15) is 0 Å². The van der Waals surface area contributed by atoms with Crippen LogP contribution >= 0.6 is 0 Å². The van der Waals surface area contributed by atoms with Crippen LogP contribution in [0.25, 0.3) is 0 Å². The van der Waals surface area contributed by atoms with Crippen LogP contribution in [0.3, 0.4) is 0 Å². The van der Waals surface area contributed by atoms with E-state index in [1.54, 1.807) is 0 Å². The maximum atomic E-state index is 12.2. The molecule has 0 bridgehead atoms. The molecule has 0 fully saturated rings. The predicted octanol–water partition coefficient (Wildman–Crippen LogP) is 1.81. The first-order valence-corrected chi connectivity index (χ1v) is 7.68. The minimum absolute atomic E-state index is 0.235. The van der Waals surface area contributed by atoms with E-state index in [1.807, 2.05) is 20.8 Å². The van der Waals surface area contributed by atoms with E-state index in [9.17, 15) is 4.79 Å². The number of Topliss-reactive ketones (excluding diaryl/α,β-unsaturated/α-hetero) is 1. The van der Waals surface area contributed by atoms with Gasteiger partial charge in [0.2, 0.25) is 0 Å². The van der Waals surface area contributed by atoms with Gasteiger partial charge in [0.05, 0.1) is 6.54 Å². The van der Waals surface area contributed by atoms with E-state index in [0.717, 1.165) is 39.0 Å². The fraction of sp³-hybridized carbons (Fsp3) is 0.938. The van der Waals surface area contributed by atoms with Gasteiger partial charge in [0.25, 0.3) is 0 Å². The average molecular weight is 285 g/mol. The largest absolute Gasteiger partial charge is 0.309 e. The van der Waals surface area contributed by atoms with Crippen molar-refractivity contribution in [1.82, 2.24) is 14.7 Å². The Bertz CT molecular complexity index is 255. The normalized spacial score (nSPS) is 12.7. The summed E-state index contributed by atoms with van der Waals surface area (Å²) in [5.41, 5.74) is -0.235. The summed E-state index contributed by atoms with van der Waals surface area (Å²) in [6.07, 6.45) is 2.23. The molecule has 120 valence electrons. The maximum Gasteiger partial charge on any atom is 0.152 e. The molecule has 0 saturated carbocycles. The van der Waals surface area contributed by atoms with E-state index in [4.69, 9.17) is 0 Å². The quantitative estimate of drug-likeness (QED) is 0.612. The van der Waals surface area contributed by atoms with Crippen molar-refractivity contribution in [2.24, 2.45) is 5.41 Å². The highest BCUT2D eigenvalue weighted by molar-refractivity contribution is 5.85. The number of ketones is 1. The van der Waals surface area contributed by atoms with E-state index >= 15 is 0 Å². The van der Waals surface area contributed by atoms with Crippen molar-refractivity contribution < 1.29 is 4.79 Å². The summed E-state index contributed by atoms with van der Waals surface area (Å²) >= 11 is 0. The molecule has 20 heavy (non-hydrogen) atoms. The number of carbonyl (C=O) groups excluding carboxylic acids is 1. The lowest BCUT2D eigenvalue weighted by molar-refractivity contribution is -0.127. The monoisotopic (exact) mass is 285 g/mol. The molecule has 4 nitrogen and oxygen atoms in total. The second kappa shape index (κ2) is 9.48. The molecule has 0 amide bonds. The van der Waals surface area contributed by atoms with Gasteiger partial charge < -0.3 is 9.80 Å². The smallest absolute Gasteiger partial charge is 0.152 e. The first kappa shape index (κ1) is 19.6. The van der Waals surface area contributed by atoms with Gasteiger partial charge in [-0.25, -0.2) is 0 Å². The van der Waals surface area contributed by atoms with Gasteiger partial charge in [-0.15, -0.1) is 0 Å². The summed E-state index contributed by atoms with van der Waals surface area (Å²) in [5.74, 6) is 0.340. The van der Waals surface area contributed by atoms with E-state index in [1.165, 1.54) is 0 Å². The summed E-state index contributed by atoms with van der Waals surface area (Å²) in [6.45, 7) is 10.8. The number of hydrogen-bond donors (Lipinski definition) is 0. The number of carbonyl (C=O) groups is 1. The van der Waals surface area contributed by atoms with Crippen LogP contribution in [0.1, 0.15) is 33.6 Å². The molecule has 0 aromatic heterocycles. The van der Waals surface area contributed by atoms with Gasteiger partial charge in [-0.1, -0.05) is 20.8 Å². The molecule has 4 heteroatoms. The Morgan fingerprint density at radius 3 is 1.50 bits per heavy atom. The highest BCUT2D eigenvalue weighted by Crippen LogP contribution is 2.15. The molecule has 0 aliphatic heterocycles. The van der Waals surface area contributed by atoms with Crippen molar-refractivity contribution in [3.05, 3.63) is 0 Å². The van der Waals surface area contributed by atoms with Gasteiger partial charge in [-0.3, -0.25) is 9.69 Å². The molecule has 0 aliphatic rings. The summed E-state index contributed by atoms with van der Waals surface area (Å²) in [5, 5.41) is 0. The number of nitrogens with zero attached hydrogens (tertiary/aromatic N) is 3. The van der Waals surface area contributed by atoms with Gasteiger partial charge in [-0.05, 0) is 67.2 Å². The van der Waals surface area contributed by atoms with E-state index in [2.05, 4.69) is 42.9 Å². The zero-order valence-corrected chi connectivity index (χ0v) is 14.7. The third kappa shape index (κ3) is 10.4. The zero-order valence-electron chi connectivity index (χ0n) is 14.7. The summed E-state index contributed by atoms with van der Waals surface area (Å²) in [6, 6.07) is 0. The van der Waals surface area contributed by atoms with Crippen LogP contribution in [0, 0.1) is 5.41 Å². The van der Waals surface area contributed by atoms with E-state index < -0.39 is 0 Å².